The molecule has 1 heterocycles. The van der Waals surface area contributed by atoms with Crippen molar-refractivity contribution in [3.63, 3.8) is 0 Å². The Kier molecular flexibility index (Phi) is 11.8. The molecule has 1 aromatic carbocycles. The number of rotatable bonds is 14. The molecular weight excluding hydrogens is 517 g/mol. The van der Waals surface area contributed by atoms with Crippen LogP contribution in [0.25, 0.3) is 11.3 Å². The van der Waals surface area contributed by atoms with E-state index < -0.39 is 47.5 Å². The van der Waals surface area contributed by atoms with Gasteiger partial charge in [-0.2, -0.15) is 13.2 Å². The molecule has 0 bridgehead atoms. The van der Waals surface area contributed by atoms with Crippen LogP contribution >= 0.6 is 0 Å². The van der Waals surface area contributed by atoms with E-state index in [-0.39, 0.29) is 42.8 Å². The number of primary amides is 1. The van der Waals surface area contributed by atoms with Crippen molar-refractivity contribution in [3.05, 3.63) is 59.8 Å². The van der Waals surface area contributed by atoms with E-state index in [1.807, 2.05) is 6.92 Å². The van der Waals surface area contributed by atoms with Crippen LogP contribution in [0, 0.1) is 0 Å². The van der Waals surface area contributed by atoms with E-state index in [1.165, 1.54) is 36.4 Å². The molecule has 0 aliphatic rings. The zero-order valence-corrected chi connectivity index (χ0v) is 21.8. The van der Waals surface area contributed by atoms with Crippen molar-refractivity contribution in [2.45, 2.75) is 64.2 Å². The molecule has 0 saturated carbocycles. The number of aromatic nitrogens is 1. The fraction of sp³-hybridized carbons (Fsp3) is 0.407. The summed E-state index contributed by atoms with van der Waals surface area (Å²) in [5, 5.41) is 5.32. The van der Waals surface area contributed by atoms with Gasteiger partial charge in [0.25, 0.3) is 5.91 Å². The molecule has 1 aromatic heterocycles. The van der Waals surface area contributed by atoms with Gasteiger partial charge in [0.1, 0.15) is 11.7 Å². The number of halogens is 3. The van der Waals surface area contributed by atoms with Crippen molar-refractivity contribution in [2.24, 2.45) is 5.73 Å². The van der Waals surface area contributed by atoms with Crippen LogP contribution in [0.1, 0.15) is 62.0 Å². The van der Waals surface area contributed by atoms with Gasteiger partial charge in [-0.3, -0.25) is 14.4 Å². The molecule has 0 aliphatic heterocycles. The second-order valence-corrected chi connectivity index (χ2v) is 8.73. The first-order chi connectivity index (χ1) is 18.5. The van der Waals surface area contributed by atoms with Crippen LogP contribution in [0.4, 0.5) is 13.2 Å². The van der Waals surface area contributed by atoms with Gasteiger partial charge in [-0.1, -0.05) is 44.0 Å². The Morgan fingerprint density at radius 1 is 1.05 bits per heavy atom. The monoisotopic (exact) mass is 550 g/mol. The molecule has 0 radical (unpaired) electrons. The number of unbranched alkanes of at least 4 members (excludes halogenated alkanes) is 1. The van der Waals surface area contributed by atoms with Crippen molar-refractivity contribution in [2.75, 3.05) is 6.61 Å². The zero-order chi connectivity index (χ0) is 29.0. The maximum absolute atomic E-state index is 13.4. The van der Waals surface area contributed by atoms with Gasteiger partial charge in [0.05, 0.1) is 12.2 Å². The quantitative estimate of drug-likeness (QED) is 0.209. The molecule has 2 rings (SSSR count). The fourth-order valence-electron chi connectivity index (χ4n) is 3.75. The Hall–Kier alpha value is -4.09. The number of alkyl halides is 3. The predicted octanol–water partition coefficient (Wildman–Crippen LogP) is 3.86. The number of nitrogens with two attached hydrogens (primary N) is 1. The number of esters is 1. The number of hydrogen-bond acceptors (Lipinski definition) is 5. The van der Waals surface area contributed by atoms with Gasteiger partial charge in [-0.25, -0.2) is 4.79 Å². The minimum Gasteiger partial charge on any atom is -0.463 e. The van der Waals surface area contributed by atoms with Crippen LogP contribution in [0.15, 0.2) is 48.6 Å². The number of hydrogen-bond donors (Lipinski definition) is 4. The summed E-state index contributed by atoms with van der Waals surface area (Å²) in [6.45, 7) is 3.71. The van der Waals surface area contributed by atoms with Gasteiger partial charge in [0.2, 0.25) is 11.8 Å². The Balaban J connectivity index is 2.20. The van der Waals surface area contributed by atoms with E-state index in [4.69, 9.17) is 10.5 Å². The maximum atomic E-state index is 13.4. The van der Waals surface area contributed by atoms with E-state index >= 15 is 0 Å². The number of benzene rings is 1. The summed E-state index contributed by atoms with van der Waals surface area (Å²) >= 11 is 0. The number of aromatic amines is 1. The average Bonchev–Trinajstić information content (AvgIpc) is 3.38. The van der Waals surface area contributed by atoms with Gasteiger partial charge < -0.3 is 26.1 Å². The summed E-state index contributed by atoms with van der Waals surface area (Å²) in [6, 6.07) is 5.95. The van der Waals surface area contributed by atoms with Crippen LogP contribution in [-0.2, 0) is 25.3 Å². The van der Waals surface area contributed by atoms with Crippen molar-refractivity contribution in [1.29, 1.82) is 0 Å². The molecule has 9 nitrogen and oxygen atoms in total. The van der Waals surface area contributed by atoms with Crippen molar-refractivity contribution in [3.8, 4) is 11.3 Å². The van der Waals surface area contributed by atoms with Crippen molar-refractivity contribution in [1.82, 2.24) is 15.6 Å². The SMILES string of the molecule is CCCCC(NC(=O)c1ccc(-c2ccccc2C(F)(F)F)[nH]1)C(=O)NC(/C=C/C(=O)OCC)CCC(N)=O. The highest BCUT2D eigenvalue weighted by atomic mass is 19.4. The lowest BCUT2D eigenvalue weighted by Gasteiger charge is -2.21. The minimum absolute atomic E-state index is 0.0243. The second-order valence-electron chi connectivity index (χ2n) is 8.73. The van der Waals surface area contributed by atoms with Crippen LogP contribution in [0.5, 0.6) is 0 Å². The molecule has 39 heavy (non-hydrogen) atoms. The normalized spacial score (nSPS) is 13.1. The van der Waals surface area contributed by atoms with Crippen LogP contribution in [-0.4, -0.2) is 47.4 Å². The molecule has 5 N–H and O–H groups in total. The maximum Gasteiger partial charge on any atom is 0.417 e. The molecule has 0 spiro atoms. The third-order valence-corrected chi connectivity index (χ3v) is 5.70. The first-order valence-electron chi connectivity index (χ1n) is 12.6. The lowest BCUT2D eigenvalue weighted by molar-refractivity contribution is -0.138. The minimum atomic E-state index is -4.58. The highest BCUT2D eigenvalue weighted by Crippen LogP contribution is 2.36. The van der Waals surface area contributed by atoms with Crippen LogP contribution in [0.2, 0.25) is 0 Å². The molecule has 0 fully saturated rings. The Morgan fingerprint density at radius 3 is 2.41 bits per heavy atom. The van der Waals surface area contributed by atoms with Gasteiger partial charge in [-0.15, -0.1) is 0 Å². The number of ether oxygens (including phenoxy) is 1. The number of H-pyrrole nitrogens is 1. The van der Waals surface area contributed by atoms with Crippen LogP contribution in [0.3, 0.4) is 0 Å². The topological polar surface area (TPSA) is 143 Å². The van der Waals surface area contributed by atoms with Gasteiger partial charge in [0.15, 0.2) is 0 Å². The highest BCUT2D eigenvalue weighted by molar-refractivity contribution is 5.97. The lowest BCUT2D eigenvalue weighted by Crippen LogP contribution is -2.49. The molecular formula is C27H33F3N4O5. The molecule has 12 heteroatoms. The standard InChI is InChI=1S/C27H33F3N4O5/c1-3-5-10-21(25(37)32-17(11-15-23(31)35)12-16-24(36)39-4-2)34-26(38)22-14-13-20(33-22)18-8-6-7-9-19(18)27(28,29)30/h6-9,12-14,16-17,21,33H,3-5,10-11,15H2,1-2H3,(H2,31,35)(H,32,37)(H,34,38)/b16-12+. The zero-order valence-electron chi connectivity index (χ0n) is 21.8. The Labute approximate surface area is 224 Å². The van der Waals surface area contributed by atoms with Gasteiger partial charge in [-0.05, 0) is 38.0 Å². The number of nitrogens with one attached hydrogen (secondary N) is 3. The largest absolute Gasteiger partial charge is 0.463 e. The number of carbonyl (C=O) groups excluding carboxylic acids is 4. The summed E-state index contributed by atoms with van der Waals surface area (Å²) in [6.07, 6.45) is -0.408. The van der Waals surface area contributed by atoms with Gasteiger partial charge in [0, 0.05) is 29.8 Å². The Bertz CT molecular complexity index is 1180. The summed E-state index contributed by atoms with van der Waals surface area (Å²) in [5.74, 6) is -2.46. The van der Waals surface area contributed by atoms with Crippen LogP contribution < -0.4 is 16.4 Å². The molecule has 2 atom stereocenters. The third-order valence-electron chi connectivity index (χ3n) is 5.70. The number of amides is 3. The fourth-order valence-corrected chi connectivity index (χ4v) is 3.75. The molecule has 0 saturated heterocycles. The third kappa shape index (κ3) is 9.95. The average molecular weight is 551 g/mol. The van der Waals surface area contributed by atoms with Gasteiger partial charge >= 0.3 is 12.1 Å². The Morgan fingerprint density at radius 2 is 1.77 bits per heavy atom. The second kappa shape index (κ2) is 14.7. The first kappa shape index (κ1) is 31.1. The summed E-state index contributed by atoms with van der Waals surface area (Å²) < 4.78 is 45.1. The smallest absolute Gasteiger partial charge is 0.417 e. The summed E-state index contributed by atoms with van der Waals surface area (Å²) in [4.78, 5) is 51.7. The molecule has 2 aromatic rings. The predicted molar refractivity (Wildman–Crippen MR) is 138 cm³/mol. The molecule has 212 valence electrons. The van der Waals surface area contributed by atoms with E-state index in [0.717, 1.165) is 18.6 Å². The van der Waals surface area contributed by atoms with Crippen molar-refractivity contribution >= 4 is 23.7 Å². The number of carbonyl (C=O) groups is 4. The molecule has 3 amide bonds. The first-order valence-corrected chi connectivity index (χ1v) is 12.6. The van der Waals surface area contributed by atoms with E-state index in [9.17, 15) is 32.3 Å². The van der Waals surface area contributed by atoms with Crippen molar-refractivity contribution < 1.29 is 37.1 Å². The molecule has 2 unspecified atom stereocenters. The lowest BCUT2D eigenvalue weighted by atomic mass is 10.0. The van der Waals surface area contributed by atoms with E-state index in [0.29, 0.717) is 6.42 Å². The van der Waals surface area contributed by atoms with E-state index in [2.05, 4.69) is 15.6 Å². The summed E-state index contributed by atoms with van der Waals surface area (Å²) in [5.41, 5.74) is 4.32. The highest BCUT2D eigenvalue weighted by Gasteiger charge is 2.33. The summed E-state index contributed by atoms with van der Waals surface area (Å²) in [7, 11) is 0. The molecule has 0 aliphatic carbocycles. The van der Waals surface area contributed by atoms with E-state index in [1.54, 1.807) is 6.92 Å².